The molecule has 0 spiro atoms. The molecule has 0 bridgehead atoms. The Bertz CT molecular complexity index is 473. The highest BCUT2D eigenvalue weighted by molar-refractivity contribution is 5.79. The van der Waals surface area contributed by atoms with Crippen molar-refractivity contribution in [1.29, 1.82) is 0 Å². The van der Waals surface area contributed by atoms with Gasteiger partial charge in [0, 0.05) is 63.7 Å². The Labute approximate surface area is 130 Å². The fraction of sp³-hybridized carbons (Fsp3) is 0.733. The predicted octanol–water partition coefficient (Wildman–Crippen LogP) is -0.159. The molecular weight excluding hydrogens is 284 g/mol. The lowest BCUT2D eigenvalue weighted by molar-refractivity contribution is -0.139. The van der Waals surface area contributed by atoms with Crippen molar-refractivity contribution in [2.45, 2.75) is 25.5 Å². The smallest absolute Gasteiger partial charge is 0.225 e. The summed E-state index contributed by atoms with van der Waals surface area (Å²) >= 11 is 0. The van der Waals surface area contributed by atoms with E-state index in [4.69, 9.17) is 4.74 Å². The van der Waals surface area contributed by atoms with Crippen LogP contribution in [0.4, 0.5) is 0 Å². The van der Waals surface area contributed by atoms with Crippen LogP contribution in [0.15, 0.2) is 12.5 Å². The molecule has 0 aromatic carbocycles. The number of carbonyl (C=O) groups is 1. The van der Waals surface area contributed by atoms with Crippen molar-refractivity contribution in [3.8, 4) is 0 Å². The summed E-state index contributed by atoms with van der Waals surface area (Å²) in [6.07, 6.45) is 4.54. The van der Waals surface area contributed by atoms with Crippen LogP contribution < -0.4 is 0 Å². The van der Waals surface area contributed by atoms with Crippen molar-refractivity contribution >= 4 is 5.91 Å². The summed E-state index contributed by atoms with van der Waals surface area (Å²) in [5.74, 6) is 0.228. The molecule has 3 heterocycles. The standard InChI is InChI=1S/C15H24N4O3/c20-14-9-18(8-13-7-16-11-17-13)3-4-19(10-14)15(21)12-1-5-22-6-2-12/h7,11-12,14,20H,1-6,8-10H2,(H,16,17)/t14-/m1/s1. The zero-order chi connectivity index (χ0) is 15.4. The maximum absolute atomic E-state index is 12.6. The number of H-pyrrole nitrogens is 1. The minimum absolute atomic E-state index is 0.0557. The number of aliphatic hydroxyl groups is 1. The third kappa shape index (κ3) is 3.85. The number of carbonyl (C=O) groups excluding carboxylic acids is 1. The number of β-amino-alcohol motifs (C(OH)–C–C–N with tert-alkyl or cyclic N) is 1. The van der Waals surface area contributed by atoms with E-state index in [9.17, 15) is 9.90 Å². The van der Waals surface area contributed by atoms with Gasteiger partial charge in [-0.3, -0.25) is 9.69 Å². The van der Waals surface area contributed by atoms with Gasteiger partial charge in [-0.1, -0.05) is 0 Å². The van der Waals surface area contributed by atoms with Crippen LogP contribution in [-0.4, -0.2) is 76.3 Å². The zero-order valence-electron chi connectivity index (χ0n) is 12.8. The summed E-state index contributed by atoms with van der Waals surface area (Å²) < 4.78 is 5.32. The molecule has 2 fully saturated rings. The van der Waals surface area contributed by atoms with E-state index in [1.54, 1.807) is 12.5 Å². The van der Waals surface area contributed by atoms with Gasteiger partial charge in [-0.25, -0.2) is 4.98 Å². The Balaban J connectivity index is 1.57. The maximum Gasteiger partial charge on any atom is 0.225 e. The van der Waals surface area contributed by atoms with Crippen molar-refractivity contribution in [2.75, 3.05) is 39.4 Å². The first kappa shape index (κ1) is 15.5. The molecule has 22 heavy (non-hydrogen) atoms. The second-order valence-corrected chi connectivity index (χ2v) is 6.14. The number of rotatable bonds is 3. The predicted molar refractivity (Wildman–Crippen MR) is 80.0 cm³/mol. The largest absolute Gasteiger partial charge is 0.390 e. The molecule has 0 unspecified atom stereocenters. The molecule has 2 N–H and O–H groups in total. The summed E-state index contributed by atoms with van der Waals surface area (Å²) in [7, 11) is 0. The van der Waals surface area contributed by atoms with Gasteiger partial charge in [-0.05, 0) is 12.8 Å². The number of hydrogen-bond acceptors (Lipinski definition) is 5. The van der Waals surface area contributed by atoms with Gasteiger partial charge in [0.05, 0.1) is 12.4 Å². The number of nitrogens with zero attached hydrogens (tertiary/aromatic N) is 3. The number of aliphatic hydroxyl groups excluding tert-OH is 1. The summed E-state index contributed by atoms with van der Waals surface area (Å²) in [5, 5.41) is 10.2. The summed E-state index contributed by atoms with van der Waals surface area (Å²) in [6.45, 7) is 4.49. The van der Waals surface area contributed by atoms with Crippen LogP contribution in [0.5, 0.6) is 0 Å². The molecular formula is C15H24N4O3. The normalized spacial score (nSPS) is 25.1. The molecule has 0 radical (unpaired) electrons. The van der Waals surface area contributed by atoms with Gasteiger partial charge in [-0.2, -0.15) is 0 Å². The second kappa shape index (κ2) is 7.21. The molecule has 3 rings (SSSR count). The molecule has 1 aromatic rings. The quantitative estimate of drug-likeness (QED) is 0.811. The highest BCUT2D eigenvalue weighted by Crippen LogP contribution is 2.19. The van der Waals surface area contributed by atoms with Gasteiger partial charge >= 0.3 is 0 Å². The van der Waals surface area contributed by atoms with Crippen LogP contribution in [0.1, 0.15) is 18.5 Å². The summed E-state index contributed by atoms with van der Waals surface area (Å²) in [6, 6.07) is 0. The molecule has 2 aliphatic heterocycles. The minimum Gasteiger partial charge on any atom is -0.390 e. The molecule has 1 aromatic heterocycles. The summed E-state index contributed by atoms with van der Waals surface area (Å²) in [4.78, 5) is 23.7. The summed E-state index contributed by atoms with van der Waals surface area (Å²) in [5.41, 5.74) is 1.02. The van der Waals surface area contributed by atoms with Gasteiger partial charge in [0.25, 0.3) is 0 Å². The number of amides is 1. The first-order chi connectivity index (χ1) is 10.7. The number of aromatic amines is 1. The van der Waals surface area contributed by atoms with Gasteiger partial charge in [-0.15, -0.1) is 0 Å². The third-order valence-electron chi connectivity index (χ3n) is 4.42. The van der Waals surface area contributed by atoms with Crippen LogP contribution in [-0.2, 0) is 16.1 Å². The fourth-order valence-corrected chi connectivity index (χ4v) is 3.21. The average molecular weight is 308 g/mol. The van der Waals surface area contributed by atoms with Crippen LogP contribution in [0.3, 0.4) is 0 Å². The number of nitrogens with one attached hydrogen (secondary N) is 1. The van der Waals surface area contributed by atoms with Gasteiger partial charge in [0.1, 0.15) is 0 Å². The molecule has 1 amide bonds. The SMILES string of the molecule is O=C(C1CCOCC1)N1CCN(Cc2cnc[nH]2)C[C@@H](O)C1. The van der Waals surface area contributed by atoms with Crippen molar-refractivity contribution in [3.63, 3.8) is 0 Å². The maximum atomic E-state index is 12.6. The van der Waals surface area contributed by atoms with E-state index in [1.807, 2.05) is 4.90 Å². The number of hydrogen-bond donors (Lipinski definition) is 2. The van der Waals surface area contributed by atoms with Crippen molar-refractivity contribution in [3.05, 3.63) is 18.2 Å². The number of ether oxygens (including phenoxy) is 1. The van der Waals surface area contributed by atoms with E-state index >= 15 is 0 Å². The van der Waals surface area contributed by atoms with Gasteiger partial charge < -0.3 is 19.7 Å². The minimum atomic E-state index is -0.505. The highest BCUT2D eigenvalue weighted by atomic mass is 16.5. The Hall–Kier alpha value is -1.44. The van der Waals surface area contributed by atoms with E-state index in [2.05, 4.69) is 14.9 Å². The number of imidazole rings is 1. The lowest BCUT2D eigenvalue weighted by Gasteiger charge is -2.29. The van der Waals surface area contributed by atoms with Gasteiger partial charge in [0.15, 0.2) is 0 Å². The molecule has 1 atom stereocenters. The fourth-order valence-electron chi connectivity index (χ4n) is 3.21. The van der Waals surface area contributed by atoms with Gasteiger partial charge in [0.2, 0.25) is 5.91 Å². The molecule has 0 saturated carbocycles. The van der Waals surface area contributed by atoms with E-state index < -0.39 is 6.10 Å². The van der Waals surface area contributed by atoms with Crippen molar-refractivity contribution in [1.82, 2.24) is 19.8 Å². The molecule has 7 heteroatoms. The molecule has 2 saturated heterocycles. The van der Waals surface area contributed by atoms with E-state index in [1.165, 1.54) is 0 Å². The second-order valence-electron chi connectivity index (χ2n) is 6.14. The monoisotopic (exact) mass is 308 g/mol. The topological polar surface area (TPSA) is 81.7 Å². The first-order valence-electron chi connectivity index (χ1n) is 7.96. The van der Waals surface area contributed by atoms with E-state index in [0.29, 0.717) is 32.8 Å². The van der Waals surface area contributed by atoms with Crippen LogP contribution in [0.25, 0.3) is 0 Å². The van der Waals surface area contributed by atoms with Crippen molar-refractivity contribution < 1.29 is 14.6 Å². The molecule has 7 nitrogen and oxygen atoms in total. The van der Waals surface area contributed by atoms with Crippen LogP contribution in [0, 0.1) is 5.92 Å². The van der Waals surface area contributed by atoms with E-state index in [0.717, 1.165) is 31.6 Å². The Morgan fingerprint density at radius 1 is 1.36 bits per heavy atom. The van der Waals surface area contributed by atoms with E-state index in [-0.39, 0.29) is 11.8 Å². The third-order valence-corrected chi connectivity index (χ3v) is 4.42. The molecule has 2 aliphatic rings. The van der Waals surface area contributed by atoms with Crippen molar-refractivity contribution in [2.24, 2.45) is 5.92 Å². The Morgan fingerprint density at radius 3 is 2.91 bits per heavy atom. The molecule has 0 aliphatic carbocycles. The highest BCUT2D eigenvalue weighted by Gasteiger charge is 2.30. The number of aromatic nitrogens is 2. The lowest BCUT2D eigenvalue weighted by Crippen LogP contribution is -2.42. The molecule has 122 valence electrons. The Kier molecular flexibility index (Phi) is 5.07. The first-order valence-corrected chi connectivity index (χ1v) is 7.96. The van der Waals surface area contributed by atoms with Crippen LogP contribution >= 0.6 is 0 Å². The Morgan fingerprint density at radius 2 is 2.18 bits per heavy atom. The lowest BCUT2D eigenvalue weighted by atomic mass is 9.98. The zero-order valence-corrected chi connectivity index (χ0v) is 12.8. The van der Waals surface area contributed by atoms with Crippen LogP contribution in [0.2, 0.25) is 0 Å². The average Bonchev–Trinajstić information content (AvgIpc) is 2.97.